The van der Waals surface area contributed by atoms with Gasteiger partial charge in [-0.15, -0.1) is 0 Å². The molecule has 0 aliphatic carbocycles. The van der Waals surface area contributed by atoms with E-state index >= 15 is 0 Å². The highest BCUT2D eigenvalue weighted by Crippen LogP contribution is 2.23. The van der Waals surface area contributed by atoms with E-state index in [-0.39, 0.29) is 0 Å². The van der Waals surface area contributed by atoms with Crippen LogP contribution in [0.1, 0.15) is 53.4 Å². The standard InChI is InChI=1S/C10H21/c1-5-7-10(8-6-2)9(3)4/h10H,5-8H2,1-4H3. The van der Waals surface area contributed by atoms with Crippen LogP contribution in [-0.2, 0) is 0 Å². The summed E-state index contributed by atoms with van der Waals surface area (Å²) in [5.41, 5.74) is 0. The number of rotatable bonds is 5. The molecule has 0 rings (SSSR count). The molecular formula is C10H21. The average Bonchev–Trinajstić information content (AvgIpc) is 1.87. The summed E-state index contributed by atoms with van der Waals surface area (Å²) in [6, 6.07) is 0. The Morgan fingerprint density at radius 2 is 1.40 bits per heavy atom. The zero-order chi connectivity index (χ0) is 7.98. The zero-order valence-corrected chi connectivity index (χ0v) is 7.91. The molecule has 0 atom stereocenters. The Morgan fingerprint density at radius 3 is 1.60 bits per heavy atom. The summed E-state index contributed by atoms with van der Waals surface area (Å²) < 4.78 is 0. The fourth-order valence-corrected chi connectivity index (χ4v) is 1.42. The first-order valence-corrected chi connectivity index (χ1v) is 4.52. The van der Waals surface area contributed by atoms with E-state index in [0.717, 1.165) is 5.92 Å². The fourth-order valence-electron chi connectivity index (χ4n) is 1.42. The molecule has 0 saturated heterocycles. The summed E-state index contributed by atoms with van der Waals surface area (Å²) in [7, 11) is 0. The van der Waals surface area contributed by atoms with Crippen LogP contribution in [0.25, 0.3) is 0 Å². The molecule has 0 heterocycles. The van der Waals surface area contributed by atoms with Gasteiger partial charge in [0, 0.05) is 0 Å². The van der Waals surface area contributed by atoms with Gasteiger partial charge in [-0.05, 0) is 11.8 Å². The van der Waals surface area contributed by atoms with Crippen molar-refractivity contribution in [3.05, 3.63) is 5.92 Å². The van der Waals surface area contributed by atoms with Gasteiger partial charge >= 0.3 is 0 Å². The third-order valence-corrected chi connectivity index (χ3v) is 2.09. The van der Waals surface area contributed by atoms with Crippen LogP contribution in [-0.4, -0.2) is 0 Å². The Kier molecular flexibility index (Phi) is 5.76. The zero-order valence-electron chi connectivity index (χ0n) is 7.91. The van der Waals surface area contributed by atoms with Crippen molar-refractivity contribution in [2.75, 3.05) is 0 Å². The van der Waals surface area contributed by atoms with E-state index in [1.54, 1.807) is 5.92 Å². The van der Waals surface area contributed by atoms with Gasteiger partial charge < -0.3 is 0 Å². The normalized spacial score (nSPS) is 11.4. The minimum atomic E-state index is 0.898. The lowest BCUT2D eigenvalue weighted by Gasteiger charge is -2.18. The first-order valence-electron chi connectivity index (χ1n) is 4.52. The number of hydrogen-bond acceptors (Lipinski definition) is 0. The van der Waals surface area contributed by atoms with Crippen LogP contribution in [0.15, 0.2) is 0 Å². The molecule has 0 aromatic heterocycles. The summed E-state index contributed by atoms with van der Waals surface area (Å²) in [5.74, 6) is 2.51. The van der Waals surface area contributed by atoms with Crippen molar-refractivity contribution in [3.8, 4) is 0 Å². The minimum absolute atomic E-state index is 0.898. The molecule has 0 bridgehead atoms. The average molecular weight is 141 g/mol. The molecule has 0 N–H and O–H groups in total. The first kappa shape index (κ1) is 10.0. The summed E-state index contributed by atoms with van der Waals surface area (Å²) in [4.78, 5) is 0. The molecule has 0 amide bonds. The predicted molar refractivity (Wildman–Crippen MR) is 47.9 cm³/mol. The van der Waals surface area contributed by atoms with E-state index < -0.39 is 0 Å². The predicted octanol–water partition coefficient (Wildman–Crippen LogP) is 3.82. The molecule has 0 aliphatic heterocycles. The van der Waals surface area contributed by atoms with Gasteiger partial charge in [0.05, 0.1) is 0 Å². The highest BCUT2D eigenvalue weighted by molar-refractivity contribution is 4.85. The maximum absolute atomic E-state index is 2.27. The molecule has 0 unspecified atom stereocenters. The van der Waals surface area contributed by atoms with Crippen LogP contribution in [0, 0.1) is 11.8 Å². The monoisotopic (exact) mass is 141 g/mol. The van der Waals surface area contributed by atoms with Crippen molar-refractivity contribution in [2.45, 2.75) is 53.4 Å². The molecule has 0 saturated carbocycles. The van der Waals surface area contributed by atoms with Crippen molar-refractivity contribution < 1.29 is 0 Å². The quantitative estimate of drug-likeness (QED) is 0.546. The van der Waals surface area contributed by atoms with Gasteiger partial charge in [0.15, 0.2) is 0 Å². The largest absolute Gasteiger partial charge is 0.0654 e. The maximum atomic E-state index is 2.27. The van der Waals surface area contributed by atoms with Crippen LogP contribution < -0.4 is 0 Å². The van der Waals surface area contributed by atoms with Crippen molar-refractivity contribution >= 4 is 0 Å². The van der Waals surface area contributed by atoms with Crippen LogP contribution >= 0.6 is 0 Å². The second-order valence-corrected chi connectivity index (χ2v) is 3.35. The van der Waals surface area contributed by atoms with E-state index in [1.165, 1.54) is 25.7 Å². The maximum Gasteiger partial charge on any atom is -0.0272 e. The number of hydrogen-bond donors (Lipinski definition) is 0. The lowest BCUT2D eigenvalue weighted by Crippen LogP contribution is -2.05. The van der Waals surface area contributed by atoms with Crippen molar-refractivity contribution in [2.24, 2.45) is 5.92 Å². The van der Waals surface area contributed by atoms with Gasteiger partial charge in [0.25, 0.3) is 0 Å². The summed E-state index contributed by atoms with van der Waals surface area (Å²) in [6.45, 7) is 9.06. The van der Waals surface area contributed by atoms with Crippen molar-refractivity contribution in [1.82, 2.24) is 0 Å². The molecule has 1 radical (unpaired) electrons. The molecule has 0 spiro atoms. The van der Waals surface area contributed by atoms with Crippen LogP contribution in [0.5, 0.6) is 0 Å². The Labute approximate surface area is 66.0 Å². The SMILES string of the molecule is CCCC(CCC)[C](C)C. The van der Waals surface area contributed by atoms with E-state index in [2.05, 4.69) is 27.7 Å². The van der Waals surface area contributed by atoms with Crippen molar-refractivity contribution in [1.29, 1.82) is 0 Å². The molecular weight excluding hydrogens is 120 g/mol. The van der Waals surface area contributed by atoms with Crippen LogP contribution in [0.4, 0.5) is 0 Å². The lowest BCUT2D eigenvalue weighted by atomic mass is 9.88. The van der Waals surface area contributed by atoms with Gasteiger partial charge in [0.2, 0.25) is 0 Å². The molecule has 10 heavy (non-hydrogen) atoms. The molecule has 0 fully saturated rings. The van der Waals surface area contributed by atoms with Crippen molar-refractivity contribution in [3.63, 3.8) is 0 Å². The Hall–Kier alpha value is 0. The summed E-state index contributed by atoms with van der Waals surface area (Å²) >= 11 is 0. The molecule has 61 valence electrons. The van der Waals surface area contributed by atoms with Crippen LogP contribution in [0.3, 0.4) is 0 Å². The summed E-state index contributed by atoms with van der Waals surface area (Å²) in [5, 5.41) is 0. The smallest absolute Gasteiger partial charge is 0.0272 e. The van der Waals surface area contributed by atoms with Gasteiger partial charge in [-0.3, -0.25) is 0 Å². The highest BCUT2D eigenvalue weighted by Gasteiger charge is 2.10. The fraction of sp³-hybridized carbons (Fsp3) is 0.900. The lowest BCUT2D eigenvalue weighted by molar-refractivity contribution is 0.458. The van der Waals surface area contributed by atoms with Gasteiger partial charge in [0.1, 0.15) is 0 Å². The van der Waals surface area contributed by atoms with E-state index in [4.69, 9.17) is 0 Å². The van der Waals surface area contributed by atoms with E-state index in [1.807, 2.05) is 0 Å². The molecule has 0 aromatic carbocycles. The van der Waals surface area contributed by atoms with Crippen LogP contribution in [0.2, 0.25) is 0 Å². The highest BCUT2D eigenvalue weighted by atomic mass is 14.2. The Bertz CT molecular complexity index is 58.4. The summed E-state index contributed by atoms with van der Waals surface area (Å²) in [6.07, 6.45) is 5.43. The topological polar surface area (TPSA) is 0 Å². The third kappa shape index (κ3) is 3.92. The second-order valence-electron chi connectivity index (χ2n) is 3.35. The molecule has 0 aliphatic rings. The Balaban J connectivity index is 3.50. The molecule has 0 heteroatoms. The first-order chi connectivity index (χ1) is 4.72. The van der Waals surface area contributed by atoms with Gasteiger partial charge in [-0.25, -0.2) is 0 Å². The van der Waals surface area contributed by atoms with E-state index in [9.17, 15) is 0 Å². The molecule has 0 nitrogen and oxygen atoms in total. The van der Waals surface area contributed by atoms with Gasteiger partial charge in [-0.1, -0.05) is 53.4 Å². The van der Waals surface area contributed by atoms with Gasteiger partial charge in [-0.2, -0.15) is 0 Å². The third-order valence-electron chi connectivity index (χ3n) is 2.09. The minimum Gasteiger partial charge on any atom is -0.0654 e. The second kappa shape index (κ2) is 5.76. The van der Waals surface area contributed by atoms with E-state index in [0.29, 0.717) is 0 Å². The molecule has 0 aromatic rings. The Morgan fingerprint density at radius 1 is 1.00 bits per heavy atom.